The van der Waals surface area contributed by atoms with E-state index >= 15 is 0 Å². The number of anilines is 1. The Morgan fingerprint density at radius 2 is 2.35 bits per heavy atom. The SMILES string of the molecule is CC(C)[C@H]1OCC[C@H]1C(=O)N(Cc1ccsc1)c1cccnc1. The zero-order valence-corrected chi connectivity index (χ0v) is 14.3. The maximum Gasteiger partial charge on any atom is 0.233 e. The molecule has 0 aromatic carbocycles. The molecule has 1 amide bonds. The minimum atomic E-state index is -0.0751. The standard InChI is InChI=1S/C18H22N2O2S/c1-13(2)17-16(5-8-22-17)18(21)20(11-14-6-9-23-12-14)15-4-3-7-19-10-15/h3-4,6-7,9-10,12-13,16-17H,5,8,11H2,1-2H3/t16-,17-/m1/s1. The summed E-state index contributed by atoms with van der Waals surface area (Å²) < 4.78 is 5.81. The van der Waals surface area contributed by atoms with Crippen molar-refractivity contribution in [2.24, 2.45) is 11.8 Å². The van der Waals surface area contributed by atoms with Crippen molar-refractivity contribution >= 4 is 22.9 Å². The number of amides is 1. The molecule has 1 saturated heterocycles. The summed E-state index contributed by atoms with van der Waals surface area (Å²) in [6.07, 6.45) is 4.28. The zero-order chi connectivity index (χ0) is 16.2. The Hall–Kier alpha value is -1.72. The van der Waals surface area contributed by atoms with Gasteiger partial charge in [-0.1, -0.05) is 13.8 Å². The van der Waals surface area contributed by atoms with Crippen LogP contribution in [0.2, 0.25) is 0 Å². The van der Waals surface area contributed by atoms with Gasteiger partial charge in [-0.15, -0.1) is 0 Å². The second-order valence-electron chi connectivity index (χ2n) is 6.24. The van der Waals surface area contributed by atoms with Gasteiger partial charge < -0.3 is 9.64 Å². The second kappa shape index (κ2) is 7.23. The van der Waals surface area contributed by atoms with Gasteiger partial charge >= 0.3 is 0 Å². The van der Waals surface area contributed by atoms with E-state index in [9.17, 15) is 4.79 Å². The van der Waals surface area contributed by atoms with Crippen LogP contribution in [0.4, 0.5) is 5.69 Å². The molecular weight excluding hydrogens is 308 g/mol. The summed E-state index contributed by atoms with van der Waals surface area (Å²) in [5, 5.41) is 4.12. The molecule has 122 valence electrons. The molecule has 2 aromatic rings. The molecule has 23 heavy (non-hydrogen) atoms. The van der Waals surface area contributed by atoms with Crippen LogP contribution >= 0.6 is 11.3 Å². The van der Waals surface area contributed by atoms with E-state index in [4.69, 9.17) is 4.74 Å². The van der Waals surface area contributed by atoms with Crippen molar-refractivity contribution in [1.29, 1.82) is 0 Å². The van der Waals surface area contributed by atoms with Crippen molar-refractivity contribution in [1.82, 2.24) is 4.98 Å². The topological polar surface area (TPSA) is 42.4 Å². The summed E-state index contributed by atoms with van der Waals surface area (Å²) in [6.45, 7) is 5.47. The lowest BCUT2D eigenvalue weighted by Gasteiger charge is -2.28. The van der Waals surface area contributed by atoms with Crippen LogP contribution in [0.3, 0.4) is 0 Å². The Balaban J connectivity index is 1.87. The quantitative estimate of drug-likeness (QED) is 0.839. The molecule has 3 heterocycles. The van der Waals surface area contributed by atoms with E-state index in [0.29, 0.717) is 19.1 Å². The summed E-state index contributed by atoms with van der Waals surface area (Å²) in [5.41, 5.74) is 1.99. The smallest absolute Gasteiger partial charge is 0.233 e. The fraction of sp³-hybridized carbons (Fsp3) is 0.444. The Morgan fingerprint density at radius 3 is 3.00 bits per heavy atom. The molecule has 4 nitrogen and oxygen atoms in total. The third-order valence-corrected chi connectivity index (χ3v) is 4.99. The fourth-order valence-electron chi connectivity index (χ4n) is 3.11. The number of rotatable bonds is 5. The molecule has 0 saturated carbocycles. The summed E-state index contributed by atoms with van der Waals surface area (Å²) in [5.74, 6) is 0.401. The van der Waals surface area contributed by atoms with Gasteiger partial charge in [0.05, 0.1) is 30.5 Å². The molecule has 0 bridgehead atoms. The number of nitrogens with zero attached hydrogens (tertiary/aromatic N) is 2. The summed E-state index contributed by atoms with van der Waals surface area (Å²) >= 11 is 1.65. The van der Waals surface area contributed by atoms with Gasteiger partial charge in [-0.3, -0.25) is 9.78 Å². The third kappa shape index (κ3) is 3.62. The molecule has 0 unspecified atom stereocenters. The van der Waals surface area contributed by atoms with E-state index in [2.05, 4.69) is 30.3 Å². The maximum absolute atomic E-state index is 13.2. The van der Waals surface area contributed by atoms with E-state index in [1.807, 2.05) is 22.4 Å². The summed E-state index contributed by atoms with van der Waals surface area (Å²) in [6, 6.07) is 5.87. The lowest BCUT2D eigenvalue weighted by Crippen LogP contribution is -2.40. The van der Waals surface area contributed by atoms with Crippen molar-refractivity contribution in [3.63, 3.8) is 0 Å². The number of pyridine rings is 1. The Bertz CT molecular complexity index is 628. The van der Waals surface area contributed by atoms with Crippen molar-refractivity contribution in [3.05, 3.63) is 46.9 Å². The number of aromatic nitrogens is 1. The van der Waals surface area contributed by atoms with E-state index in [-0.39, 0.29) is 17.9 Å². The largest absolute Gasteiger partial charge is 0.377 e. The lowest BCUT2D eigenvalue weighted by atomic mass is 9.91. The molecule has 0 radical (unpaired) electrons. The highest BCUT2D eigenvalue weighted by molar-refractivity contribution is 7.07. The molecule has 1 fully saturated rings. The van der Waals surface area contributed by atoms with Gasteiger partial charge in [0.2, 0.25) is 5.91 Å². The number of thiophene rings is 1. The van der Waals surface area contributed by atoms with Gasteiger partial charge in [0.1, 0.15) is 0 Å². The monoisotopic (exact) mass is 330 g/mol. The highest BCUT2D eigenvalue weighted by Gasteiger charge is 2.38. The highest BCUT2D eigenvalue weighted by atomic mass is 32.1. The van der Waals surface area contributed by atoms with Crippen molar-refractivity contribution in [2.45, 2.75) is 32.9 Å². The van der Waals surface area contributed by atoms with Crippen molar-refractivity contribution < 1.29 is 9.53 Å². The first kappa shape index (κ1) is 16.1. The molecule has 3 rings (SSSR count). The number of hydrogen-bond acceptors (Lipinski definition) is 4. The molecule has 0 spiro atoms. The van der Waals surface area contributed by atoms with Gasteiger partial charge in [-0.25, -0.2) is 0 Å². The van der Waals surface area contributed by atoms with Gasteiger partial charge in [0, 0.05) is 12.8 Å². The normalized spacial score (nSPS) is 20.8. The van der Waals surface area contributed by atoms with Gasteiger partial charge in [-0.2, -0.15) is 11.3 Å². The molecule has 1 aliphatic rings. The van der Waals surface area contributed by atoms with Gasteiger partial charge in [0.25, 0.3) is 0 Å². The Labute approximate surface area is 141 Å². The van der Waals surface area contributed by atoms with Crippen LogP contribution < -0.4 is 4.90 Å². The summed E-state index contributed by atoms with van der Waals surface area (Å²) in [4.78, 5) is 19.2. The van der Waals surface area contributed by atoms with Crippen LogP contribution in [0, 0.1) is 11.8 Å². The third-order valence-electron chi connectivity index (χ3n) is 4.25. The molecule has 5 heteroatoms. The highest BCUT2D eigenvalue weighted by Crippen LogP contribution is 2.31. The van der Waals surface area contributed by atoms with Crippen LogP contribution in [0.15, 0.2) is 41.4 Å². The predicted molar refractivity (Wildman–Crippen MR) is 92.4 cm³/mol. The zero-order valence-electron chi connectivity index (χ0n) is 13.5. The number of hydrogen-bond donors (Lipinski definition) is 0. The van der Waals surface area contributed by atoms with E-state index in [0.717, 1.165) is 17.7 Å². The second-order valence-corrected chi connectivity index (χ2v) is 7.02. The predicted octanol–water partition coefficient (Wildman–Crippen LogP) is 3.74. The minimum absolute atomic E-state index is 0.00384. The number of ether oxygens (including phenoxy) is 1. The maximum atomic E-state index is 13.2. The van der Waals surface area contributed by atoms with Gasteiger partial charge in [-0.05, 0) is 46.9 Å². The van der Waals surface area contributed by atoms with Crippen molar-refractivity contribution in [3.8, 4) is 0 Å². The molecule has 0 N–H and O–H groups in total. The van der Waals surface area contributed by atoms with Crippen LogP contribution in [-0.4, -0.2) is 23.6 Å². The number of carbonyl (C=O) groups is 1. The number of carbonyl (C=O) groups excluding carboxylic acids is 1. The lowest BCUT2D eigenvalue weighted by molar-refractivity contribution is -0.125. The Morgan fingerprint density at radius 1 is 1.48 bits per heavy atom. The van der Waals surface area contributed by atoms with E-state index in [1.54, 1.807) is 23.7 Å². The van der Waals surface area contributed by atoms with Gasteiger partial charge in [0.15, 0.2) is 0 Å². The first-order valence-corrected chi connectivity index (χ1v) is 8.95. The van der Waals surface area contributed by atoms with Crippen LogP contribution in [-0.2, 0) is 16.1 Å². The van der Waals surface area contributed by atoms with Crippen LogP contribution in [0.25, 0.3) is 0 Å². The molecule has 0 aliphatic carbocycles. The Kier molecular flexibility index (Phi) is 5.08. The molecule has 2 atom stereocenters. The minimum Gasteiger partial charge on any atom is -0.377 e. The van der Waals surface area contributed by atoms with Crippen molar-refractivity contribution in [2.75, 3.05) is 11.5 Å². The van der Waals surface area contributed by atoms with E-state index in [1.165, 1.54) is 0 Å². The molecule has 2 aromatic heterocycles. The first-order valence-electron chi connectivity index (χ1n) is 8.01. The summed E-state index contributed by atoms with van der Waals surface area (Å²) in [7, 11) is 0. The average Bonchev–Trinajstić information content (AvgIpc) is 3.24. The molecule has 1 aliphatic heterocycles. The fourth-order valence-corrected chi connectivity index (χ4v) is 3.77. The molecular formula is C18H22N2O2S. The van der Waals surface area contributed by atoms with Crippen LogP contribution in [0.5, 0.6) is 0 Å². The van der Waals surface area contributed by atoms with Crippen LogP contribution in [0.1, 0.15) is 25.8 Å². The first-order chi connectivity index (χ1) is 11.2. The average molecular weight is 330 g/mol. The van der Waals surface area contributed by atoms with E-state index < -0.39 is 0 Å².